The summed E-state index contributed by atoms with van der Waals surface area (Å²) in [5, 5.41) is 0. The van der Waals surface area contributed by atoms with Crippen molar-refractivity contribution in [3.63, 3.8) is 0 Å². The number of rotatable bonds is 1. The average Bonchev–Trinajstić information content (AvgIpc) is 1.85. The minimum Gasteiger partial charge on any atom is -0.383 e. The third-order valence-corrected chi connectivity index (χ3v) is 1.15. The third-order valence-electron chi connectivity index (χ3n) is 1.15. The number of hydrogen-bond donors (Lipinski definition) is 2. The molecule has 1 aromatic rings. The maximum absolute atomic E-state index is 5.44. The van der Waals surface area contributed by atoms with E-state index in [2.05, 4.69) is 9.97 Å². The van der Waals surface area contributed by atoms with E-state index >= 15 is 0 Å². The van der Waals surface area contributed by atoms with Gasteiger partial charge in [-0.15, -0.1) is 0 Å². The van der Waals surface area contributed by atoms with Crippen LogP contribution >= 0.6 is 0 Å². The van der Waals surface area contributed by atoms with Crippen LogP contribution < -0.4 is 16.4 Å². The molecule has 0 spiro atoms. The topological polar surface area (TPSA) is 81.1 Å². The molecule has 1 aromatic heterocycles. The maximum atomic E-state index is 5.44. The van der Waals surface area contributed by atoms with Crippen LogP contribution in [0.5, 0.6) is 0 Å². The molecule has 0 fully saturated rings. The Hall–Kier alpha value is -1.52. The Morgan fingerprint density at radius 1 is 1.18 bits per heavy atom. The minimum absolute atomic E-state index is 0.390. The molecule has 11 heavy (non-hydrogen) atoms. The number of nitrogens with zero attached hydrogens (tertiary/aromatic N) is 3. The summed E-state index contributed by atoms with van der Waals surface area (Å²) in [5.74, 6) is 1.31. The summed E-state index contributed by atoms with van der Waals surface area (Å²) in [5.41, 5.74) is 10.9. The Kier molecular flexibility index (Phi) is 1.80. The van der Waals surface area contributed by atoms with E-state index in [1.54, 1.807) is 4.90 Å². The Morgan fingerprint density at radius 3 is 2.00 bits per heavy atom. The molecule has 0 saturated carbocycles. The van der Waals surface area contributed by atoms with Gasteiger partial charge in [0, 0.05) is 20.2 Å². The molecule has 60 valence electrons. The highest BCUT2D eigenvalue weighted by molar-refractivity contribution is 5.47. The molecule has 4 N–H and O–H groups in total. The molecule has 5 heteroatoms. The van der Waals surface area contributed by atoms with Crippen LogP contribution in [0.25, 0.3) is 0 Å². The molecule has 0 bridgehead atoms. The van der Waals surface area contributed by atoms with Gasteiger partial charge in [0.15, 0.2) is 0 Å². The molecule has 0 aromatic carbocycles. The molecule has 5 nitrogen and oxygen atoms in total. The molecule has 0 aliphatic rings. The molecule has 0 radical (unpaired) electrons. The molecule has 1 rings (SSSR count). The van der Waals surface area contributed by atoms with Gasteiger partial charge in [-0.1, -0.05) is 0 Å². The van der Waals surface area contributed by atoms with Crippen LogP contribution in [0.2, 0.25) is 0 Å². The molecule has 0 unspecified atom stereocenters. The monoisotopic (exact) mass is 153 g/mol. The first-order valence-corrected chi connectivity index (χ1v) is 3.17. The van der Waals surface area contributed by atoms with Gasteiger partial charge in [-0.25, -0.2) is 0 Å². The summed E-state index contributed by atoms with van der Waals surface area (Å²) in [7, 11) is 3.66. The van der Waals surface area contributed by atoms with Gasteiger partial charge in [-0.2, -0.15) is 9.97 Å². The highest BCUT2D eigenvalue weighted by atomic mass is 15.2. The van der Waals surface area contributed by atoms with E-state index in [0.29, 0.717) is 17.6 Å². The normalized spacial score (nSPS) is 9.64. The van der Waals surface area contributed by atoms with E-state index in [4.69, 9.17) is 11.5 Å². The average molecular weight is 153 g/mol. The third kappa shape index (κ3) is 1.70. The highest BCUT2D eigenvalue weighted by Crippen LogP contribution is 2.09. The Bertz CT molecular complexity index is 237. The van der Waals surface area contributed by atoms with Crippen LogP contribution in [0.1, 0.15) is 0 Å². The van der Waals surface area contributed by atoms with Crippen LogP contribution in [0, 0.1) is 0 Å². The lowest BCUT2D eigenvalue weighted by Gasteiger charge is -2.09. The summed E-state index contributed by atoms with van der Waals surface area (Å²) in [4.78, 5) is 9.64. The van der Waals surface area contributed by atoms with Crippen molar-refractivity contribution >= 4 is 17.6 Å². The standard InChI is InChI=1S/C6H11N5/c1-11(2)6-9-4(7)3-5(8)10-6/h3H,1-2H3,(H4,7,8,9,10). The molecule has 0 saturated heterocycles. The lowest BCUT2D eigenvalue weighted by Crippen LogP contribution is -2.14. The molecule has 1 heterocycles. The van der Waals surface area contributed by atoms with Gasteiger partial charge in [-0.05, 0) is 0 Å². The van der Waals surface area contributed by atoms with E-state index in [1.807, 2.05) is 14.1 Å². The van der Waals surface area contributed by atoms with Gasteiger partial charge >= 0.3 is 0 Å². The van der Waals surface area contributed by atoms with Crippen molar-refractivity contribution in [2.24, 2.45) is 0 Å². The predicted octanol–water partition coefficient (Wildman–Crippen LogP) is -0.293. The van der Waals surface area contributed by atoms with Gasteiger partial charge in [0.25, 0.3) is 0 Å². The van der Waals surface area contributed by atoms with E-state index in [1.165, 1.54) is 6.07 Å². The summed E-state index contributed by atoms with van der Waals surface area (Å²) >= 11 is 0. The quantitative estimate of drug-likeness (QED) is 0.579. The Labute approximate surface area is 65.0 Å². The van der Waals surface area contributed by atoms with Crippen LogP contribution in [0.15, 0.2) is 6.07 Å². The van der Waals surface area contributed by atoms with Crippen molar-refractivity contribution in [1.29, 1.82) is 0 Å². The van der Waals surface area contributed by atoms with Crippen LogP contribution in [-0.4, -0.2) is 24.1 Å². The van der Waals surface area contributed by atoms with Gasteiger partial charge in [0.05, 0.1) is 0 Å². The number of aromatic nitrogens is 2. The van der Waals surface area contributed by atoms with E-state index < -0.39 is 0 Å². The van der Waals surface area contributed by atoms with Crippen molar-refractivity contribution in [3.05, 3.63) is 6.07 Å². The Balaban J connectivity index is 3.08. The zero-order valence-electron chi connectivity index (χ0n) is 6.57. The second-order valence-corrected chi connectivity index (χ2v) is 2.41. The van der Waals surface area contributed by atoms with E-state index in [9.17, 15) is 0 Å². The van der Waals surface area contributed by atoms with E-state index in [-0.39, 0.29) is 0 Å². The van der Waals surface area contributed by atoms with E-state index in [0.717, 1.165) is 0 Å². The van der Waals surface area contributed by atoms with Gasteiger partial charge in [-0.3, -0.25) is 0 Å². The first kappa shape index (κ1) is 7.59. The van der Waals surface area contributed by atoms with Crippen LogP contribution in [0.4, 0.5) is 17.6 Å². The predicted molar refractivity (Wildman–Crippen MR) is 45.2 cm³/mol. The van der Waals surface area contributed by atoms with Crippen molar-refractivity contribution in [1.82, 2.24) is 9.97 Å². The lowest BCUT2D eigenvalue weighted by atomic mass is 10.5. The minimum atomic E-state index is 0.390. The summed E-state index contributed by atoms with van der Waals surface area (Å²) in [6.07, 6.45) is 0. The maximum Gasteiger partial charge on any atom is 0.228 e. The number of hydrogen-bond acceptors (Lipinski definition) is 5. The fraction of sp³-hybridized carbons (Fsp3) is 0.333. The molecule has 0 atom stereocenters. The smallest absolute Gasteiger partial charge is 0.228 e. The Morgan fingerprint density at radius 2 is 1.64 bits per heavy atom. The van der Waals surface area contributed by atoms with Crippen molar-refractivity contribution in [2.75, 3.05) is 30.5 Å². The van der Waals surface area contributed by atoms with Crippen LogP contribution in [-0.2, 0) is 0 Å². The number of anilines is 3. The molecule has 0 aliphatic carbocycles. The molecule has 0 aliphatic heterocycles. The number of nitrogen functional groups attached to an aromatic ring is 2. The molecular weight excluding hydrogens is 142 g/mol. The first-order valence-electron chi connectivity index (χ1n) is 3.17. The summed E-state index contributed by atoms with van der Waals surface area (Å²) in [6, 6.07) is 1.52. The zero-order valence-corrected chi connectivity index (χ0v) is 6.57. The van der Waals surface area contributed by atoms with Gasteiger partial charge < -0.3 is 16.4 Å². The lowest BCUT2D eigenvalue weighted by molar-refractivity contribution is 1.01. The second kappa shape index (κ2) is 2.61. The SMILES string of the molecule is CN(C)c1nc(N)cc(N)n1. The number of nitrogens with two attached hydrogens (primary N) is 2. The van der Waals surface area contributed by atoms with Crippen molar-refractivity contribution in [2.45, 2.75) is 0 Å². The van der Waals surface area contributed by atoms with Crippen molar-refractivity contribution in [3.8, 4) is 0 Å². The fourth-order valence-electron chi connectivity index (χ4n) is 0.672. The largest absolute Gasteiger partial charge is 0.383 e. The zero-order chi connectivity index (χ0) is 8.43. The molecule has 0 amide bonds. The van der Waals surface area contributed by atoms with Crippen LogP contribution in [0.3, 0.4) is 0 Å². The fourth-order valence-corrected chi connectivity index (χ4v) is 0.672. The first-order chi connectivity index (χ1) is 5.09. The highest BCUT2D eigenvalue weighted by Gasteiger charge is 2.00. The van der Waals surface area contributed by atoms with Gasteiger partial charge in [0.2, 0.25) is 5.95 Å². The summed E-state index contributed by atoms with van der Waals surface area (Å²) in [6.45, 7) is 0. The molecular formula is C6H11N5. The second-order valence-electron chi connectivity index (χ2n) is 2.41. The summed E-state index contributed by atoms with van der Waals surface area (Å²) < 4.78 is 0. The van der Waals surface area contributed by atoms with Gasteiger partial charge in [0.1, 0.15) is 11.6 Å². The van der Waals surface area contributed by atoms with Crippen molar-refractivity contribution < 1.29 is 0 Å².